The highest BCUT2D eigenvalue weighted by atomic mass is 16.5. The second-order valence-corrected chi connectivity index (χ2v) is 5.47. The molecule has 0 bridgehead atoms. The van der Waals surface area contributed by atoms with E-state index in [2.05, 4.69) is 23.8 Å². The first-order valence-electron chi connectivity index (χ1n) is 7.28. The fourth-order valence-electron chi connectivity index (χ4n) is 2.58. The van der Waals surface area contributed by atoms with Gasteiger partial charge in [-0.15, -0.1) is 0 Å². The van der Waals surface area contributed by atoms with Crippen LogP contribution < -0.4 is 10.6 Å². The lowest BCUT2D eigenvalue weighted by Crippen LogP contribution is -2.34. The number of esters is 1. The van der Waals surface area contributed by atoms with Gasteiger partial charge in [0, 0.05) is 19.6 Å². The summed E-state index contributed by atoms with van der Waals surface area (Å²) in [6.45, 7) is 6.84. The Morgan fingerprint density at radius 2 is 2.10 bits per heavy atom. The Morgan fingerprint density at radius 3 is 2.65 bits per heavy atom. The summed E-state index contributed by atoms with van der Waals surface area (Å²) in [6, 6.07) is 0. The standard InChI is InChI=1S/C14H24N4O2/c1-4-7-18-12(15)11(14(19)20-3)13(16-18)17-8-5-10(2)6-9-17/h10H,4-9,15H2,1-3H3. The Bertz CT molecular complexity index is 476. The van der Waals surface area contributed by atoms with E-state index in [1.807, 2.05) is 0 Å². The molecule has 0 saturated carbocycles. The Balaban J connectivity index is 2.35. The minimum Gasteiger partial charge on any atom is -0.465 e. The number of aryl methyl sites for hydroxylation is 1. The van der Waals surface area contributed by atoms with Crippen LogP contribution in [0.5, 0.6) is 0 Å². The molecule has 0 atom stereocenters. The van der Waals surface area contributed by atoms with Crippen molar-refractivity contribution in [2.45, 2.75) is 39.7 Å². The smallest absolute Gasteiger partial charge is 0.345 e. The van der Waals surface area contributed by atoms with Gasteiger partial charge >= 0.3 is 5.97 Å². The minimum atomic E-state index is -0.404. The van der Waals surface area contributed by atoms with E-state index in [1.54, 1.807) is 4.68 Å². The van der Waals surface area contributed by atoms with Crippen LogP contribution in [0, 0.1) is 5.92 Å². The molecule has 1 aromatic rings. The summed E-state index contributed by atoms with van der Waals surface area (Å²) in [5, 5.41) is 4.53. The summed E-state index contributed by atoms with van der Waals surface area (Å²) in [7, 11) is 1.38. The molecule has 2 N–H and O–H groups in total. The van der Waals surface area contributed by atoms with Gasteiger partial charge in [-0.1, -0.05) is 13.8 Å². The molecule has 6 heteroatoms. The minimum absolute atomic E-state index is 0.404. The summed E-state index contributed by atoms with van der Waals surface area (Å²) in [5.74, 6) is 1.41. The van der Waals surface area contributed by atoms with Crippen LogP contribution in [-0.4, -0.2) is 35.9 Å². The van der Waals surface area contributed by atoms with E-state index < -0.39 is 5.97 Å². The molecular weight excluding hydrogens is 256 g/mol. The summed E-state index contributed by atoms with van der Waals surface area (Å²) in [4.78, 5) is 14.1. The van der Waals surface area contributed by atoms with E-state index in [9.17, 15) is 4.79 Å². The summed E-state index contributed by atoms with van der Waals surface area (Å²) in [5.41, 5.74) is 6.49. The molecule has 6 nitrogen and oxygen atoms in total. The van der Waals surface area contributed by atoms with Crippen molar-refractivity contribution in [3.63, 3.8) is 0 Å². The quantitative estimate of drug-likeness (QED) is 0.853. The third-order valence-electron chi connectivity index (χ3n) is 3.88. The molecule has 0 radical (unpaired) electrons. The zero-order valence-corrected chi connectivity index (χ0v) is 12.6. The first-order chi connectivity index (χ1) is 9.58. The van der Waals surface area contributed by atoms with E-state index >= 15 is 0 Å². The van der Waals surface area contributed by atoms with Crippen LogP contribution in [0.2, 0.25) is 0 Å². The first kappa shape index (κ1) is 14.7. The highest BCUT2D eigenvalue weighted by molar-refractivity contribution is 5.99. The Hall–Kier alpha value is -1.72. The number of methoxy groups -OCH3 is 1. The maximum absolute atomic E-state index is 12.0. The number of carbonyl (C=O) groups excluding carboxylic acids is 1. The van der Waals surface area contributed by atoms with Crippen LogP contribution in [0.15, 0.2) is 0 Å². The number of nitrogens with zero attached hydrogens (tertiary/aromatic N) is 3. The summed E-state index contributed by atoms with van der Waals surface area (Å²) >= 11 is 0. The van der Waals surface area contributed by atoms with Crippen molar-refractivity contribution in [3.05, 3.63) is 5.56 Å². The van der Waals surface area contributed by atoms with Crippen LogP contribution in [0.4, 0.5) is 11.6 Å². The molecule has 1 aliphatic rings. The fourth-order valence-corrected chi connectivity index (χ4v) is 2.58. The molecule has 1 fully saturated rings. The lowest BCUT2D eigenvalue weighted by Gasteiger charge is -2.30. The second-order valence-electron chi connectivity index (χ2n) is 5.47. The van der Waals surface area contributed by atoms with Gasteiger partial charge in [0.15, 0.2) is 5.82 Å². The van der Waals surface area contributed by atoms with Gasteiger partial charge in [-0.3, -0.25) is 0 Å². The number of anilines is 2. The van der Waals surface area contributed by atoms with E-state index in [0.717, 1.165) is 38.3 Å². The van der Waals surface area contributed by atoms with Gasteiger partial charge in [-0.25, -0.2) is 9.48 Å². The van der Waals surface area contributed by atoms with Crippen molar-refractivity contribution >= 4 is 17.6 Å². The number of carbonyl (C=O) groups is 1. The van der Waals surface area contributed by atoms with Crippen molar-refractivity contribution in [2.75, 3.05) is 30.8 Å². The van der Waals surface area contributed by atoms with Gasteiger partial charge in [-0.2, -0.15) is 5.10 Å². The van der Waals surface area contributed by atoms with E-state index in [0.29, 0.717) is 23.7 Å². The average Bonchev–Trinajstić information content (AvgIpc) is 2.77. The van der Waals surface area contributed by atoms with Crippen molar-refractivity contribution in [2.24, 2.45) is 5.92 Å². The summed E-state index contributed by atoms with van der Waals surface area (Å²) in [6.07, 6.45) is 3.14. The number of piperidine rings is 1. The number of hydrogen-bond donors (Lipinski definition) is 1. The van der Waals surface area contributed by atoms with Gasteiger partial charge in [0.1, 0.15) is 11.4 Å². The number of nitrogen functional groups attached to an aromatic ring is 1. The molecule has 0 aromatic carbocycles. The number of nitrogens with two attached hydrogens (primary N) is 1. The van der Waals surface area contributed by atoms with E-state index in [4.69, 9.17) is 10.5 Å². The maximum atomic E-state index is 12.0. The van der Waals surface area contributed by atoms with Gasteiger partial charge in [-0.05, 0) is 25.2 Å². The first-order valence-corrected chi connectivity index (χ1v) is 7.28. The topological polar surface area (TPSA) is 73.4 Å². The van der Waals surface area contributed by atoms with Gasteiger partial charge in [0.2, 0.25) is 0 Å². The van der Waals surface area contributed by atoms with Crippen LogP contribution in [-0.2, 0) is 11.3 Å². The largest absolute Gasteiger partial charge is 0.465 e. The predicted molar refractivity (Wildman–Crippen MR) is 78.9 cm³/mol. The van der Waals surface area contributed by atoms with Crippen LogP contribution >= 0.6 is 0 Å². The lowest BCUT2D eigenvalue weighted by molar-refractivity contribution is 0.0602. The normalized spacial score (nSPS) is 16.4. The molecule has 0 unspecified atom stereocenters. The molecule has 2 heterocycles. The van der Waals surface area contributed by atoms with Gasteiger partial charge in [0.05, 0.1) is 7.11 Å². The number of rotatable bonds is 4. The molecule has 1 saturated heterocycles. The van der Waals surface area contributed by atoms with Crippen molar-refractivity contribution in [1.29, 1.82) is 0 Å². The van der Waals surface area contributed by atoms with Crippen molar-refractivity contribution in [1.82, 2.24) is 9.78 Å². The SMILES string of the molecule is CCCn1nc(N2CCC(C)CC2)c(C(=O)OC)c1N. The third-order valence-corrected chi connectivity index (χ3v) is 3.88. The molecule has 1 aliphatic heterocycles. The second kappa shape index (κ2) is 6.15. The monoisotopic (exact) mass is 280 g/mol. The van der Waals surface area contributed by atoms with Crippen LogP contribution in [0.25, 0.3) is 0 Å². The maximum Gasteiger partial charge on any atom is 0.345 e. The summed E-state index contributed by atoms with van der Waals surface area (Å²) < 4.78 is 6.57. The molecular formula is C14H24N4O2. The third kappa shape index (κ3) is 2.73. The Labute approximate surface area is 119 Å². The Morgan fingerprint density at radius 1 is 1.45 bits per heavy atom. The molecule has 0 aliphatic carbocycles. The van der Waals surface area contributed by atoms with E-state index in [1.165, 1.54) is 7.11 Å². The average molecular weight is 280 g/mol. The molecule has 2 rings (SSSR count). The molecule has 20 heavy (non-hydrogen) atoms. The Kier molecular flexibility index (Phi) is 4.52. The van der Waals surface area contributed by atoms with Crippen LogP contribution in [0.1, 0.15) is 43.5 Å². The van der Waals surface area contributed by atoms with Crippen LogP contribution in [0.3, 0.4) is 0 Å². The van der Waals surface area contributed by atoms with Gasteiger partial charge < -0.3 is 15.4 Å². The van der Waals surface area contributed by atoms with Gasteiger partial charge in [0.25, 0.3) is 0 Å². The number of hydrogen-bond acceptors (Lipinski definition) is 5. The van der Waals surface area contributed by atoms with Crippen molar-refractivity contribution < 1.29 is 9.53 Å². The molecule has 1 aromatic heterocycles. The zero-order valence-electron chi connectivity index (χ0n) is 12.6. The highest BCUT2D eigenvalue weighted by Crippen LogP contribution is 2.29. The molecule has 0 spiro atoms. The number of aromatic nitrogens is 2. The fraction of sp³-hybridized carbons (Fsp3) is 0.714. The predicted octanol–water partition coefficient (Wildman–Crippen LogP) is 1.90. The molecule has 112 valence electrons. The molecule has 0 amide bonds. The zero-order chi connectivity index (χ0) is 14.7. The number of ether oxygens (including phenoxy) is 1. The highest BCUT2D eigenvalue weighted by Gasteiger charge is 2.28. The van der Waals surface area contributed by atoms with Crippen molar-refractivity contribution in [3.8, 4) is 0 Å². The van der Waals surface area contributed by atoms with E-state index in [-0.39, 0.29) is 0 Å². The lowest BCUT2D eigenvalue weighted by atomic mass is 9.99.